The van der Waals surface area contributed by atoms with Gasteiger partial charge in [-0.2, -0.15) is 0 Å². The first-order valence-electron chi connectivity index (χ1n) is 8.30. The van der Waals surface area contributed by atoms with Crippen molar-refractivity contribution in [2.45, 2.75) is 13.0 Å². The minimum atomic E-state index is -0.749. The van der Waals surface area contributed by atoms with E-state index in [-0.39, 0.29) is 12.0 Å². The Kier molecular flexibility index (Phi) is 5.65. The molecule has 4 N–H and O–H groups in total. The lowest BCUT2D eigenvalue weighted by molar-refractivity contribution is 0.0949. The van der Waals surface area contributed by atoms with Crippen LogP contribution in [0, 0.1) is 6.92 Å². The molecule has 0 saturated heterocycles. The van der Waals surface area contributed by atoms with Crippen LogP contribution in [-0.2, 0) is 0 Å². The van der Waals surface area contributed by atoms with Crippen molar-refractivity contribution in [2.24, 2.45) is 0 Å². The minimum absolute atomic E-state index is 0.0548. The van der Waals surface area contributed by atoms with Crippen molar-refractivity contribution in [1.82, 2.24) is 5.32 Å². The lowest BCUT2D eigenvalue weighted by Crippen LogP contribution is -2.32. The highest BCUT2D eigenvalue weighted by Gasteiger charge is 2.11. The molecule has 132 valence electrons. The summed E-state index contributed by atoms with van der Waals surface area (Å²) in [5, 5.41) is 26.0. The summed E-state index contributed by atoms with van der Waals surface area (Å²) in [6.45, 7) is 3.35. The Balaban J connectivity index is 1.87. The summed E-state index contributed by atoms with van der Waals surface area (Å²) < 4.78 is 2.01. The van der Waals surface area contributed by atoms with Crippen molar-refractivity contribution in [2.75, 3.05) is 31.6 Å². The van der Waals surface area contributed by atoms with Crippen LogP contribution >= 0.6 is 11.3 Å². The molecule has 1 heterocycles. The molecule has 0 bridgehead atoms. The number of nitrogens with one attached hydrogen (secondary N) is 2. The van der Waals surface area contributed by atoms with Crippen LogP contribution < -0.4 is 16.1 Å². The highest BCUT2D eigenvalue weighted by atomic mass is 32.1. The van der Waals surface area contributed by atoms with Crippen molar-refractivity contribution in [3.8, 4) is 0 Å². The van der Waals surface area contributed by atoms with Crippen molar-refractivity contribution in [3.63, 3.8) is 0 Å². The minimum Gasteiger partial charge on any atom is -0.394 e. The summed E-state index contributed by atoms with van der Waals surface area (Å²) in [5.41, 5.74) is 1.98. The largest absolute Gasteiger partial charge is 0.394 e. The SMILES string of the molecule is Cc1ccc(NCCNC[C@@H](O)CO)c2c(=O)c3ccccc3sc12. The fourth-order valence-electron chi connectivity index (χ4n) is 2.80. The average Bonchev–Trinajstić information content (AvgIpc) is 2.63. The predicted molar refractivity (Wildman–Crippen MR) is 105 cm³/mol. The van der Waals surface area contributed by atoms with Gasteiger partial charge in [0.1, 0.15) is 0 Å². The van der Waals surface area contributed by atoms with E-state index in [1.165, 1.54) is 0 Å². The van der Waals surface area contributed by atoms with E-state index in [0.29, 0.717) is 19.6 Å². The van der Waals surface area contributed by atoms with Crippen LogP contribution in [-0.4, -0.2) is 42.6 Å². The van der Waals surface area contributed by atoms with Gasteiger partial charge in [-0.25, -0.2) is 0 Å². The number of hydrogen-bond acceptors (Lipinski definition) is 6. The first-order valence-corrected chi connectivity index (χ1v) is 9.12. The molecule has 5 nitrogen and oxygen atoms in total. The number of benzene rings is 2. The second-order valence-electron chi connectivity index (χ2n) is 6.03. The third-order valence-electron chi connectivity index (χ3n) is 4.13. The molecule has 2 aromatic carbocycles. The average molecular weight is 358 g/mol. The maximum Gasteiger partial charge on any atom is 0.197 e. The summed E-state index contributed by atoms with van der Waals surface area (Å²) in [4.78, 5) is 13.0. The molecule has 0 unspecified atom stereocenters. The summed E-state index contributed by atoms with van der Waals surface area (Å²) in [5.74, 6) is 0. The van der Waals surface area contributed by atoms with Crippen LogP contribution in [0.5, 0.6) is 0 Å². The van der Waals surface area contributed by atoms with E-state index < -0.39 is 6.10 Å². The number of aliphatic hydroxyl groups excluding tert-OH is 2. The van der Waals surface area contributed by atoms with Gasteiger partial charge in [-0.05, 0) is 30.7 Å². The van der Waals surface area contributed by atoms with Gasteiger partial charge >= 0.3 is 0 Å². The first kappa shape index (κ1) is 17.8. The molecule has 25 heavy (non-hydrogen) atoms. The Morgan fingerprint density at radius 2 is 1.96 bits per heavy atom. The van der Waals surface area contributed by atoms with Crippen molar-refractivity contribution < 1.29 is 10.2 Å². The predicted octanol–water partition coefficient (Wildman–Crippen LogP) is 2.08. The van der Waals surface area contributed by atoms with Crippen LogP contribution in [0.15, 0.2) is 41.2 Å². The second kappa shape index (κ2) is 7.93. The van der Waals surface area contributed by atoms with E-state index >= 15 is 0 Å². The number of aryl methyl sites for hydroxylation is 1. The first-order chi connectivity index (χ1) is 12.1. The van der Waals surface area contributed by atoms with Crippen LogP contribution in [0.3, 0.4) is 0 Å². The molecular formula is C19H22N2O3S. The molecule has 1 aromatic heterocycles. The highest BCUT2D eigenvalue weighted by Crippen LogP contribution is 2.31. The number of rotatable bonds is 7. The molecule has 1 atom stereocenters. The van der Waals surface area contributed by atoms with Gasteiger partial charge in [0.05, 0.1) is 18.1 Å². The fraction of sp³-hybridized carbons (Fsp3) is 0.316. The summed E-state index contributed by atoms with van der Waals surface area (Å²) >= 11 is 1.64. The standard InChI is InChI=1S/C19H22N2O3S/c1-12-6-7-15(21-9-8-20-10-13(23)11-22)17-18(24)14-4-2-3-5-16(14)25-19(12)17/h2-7,13,20-23H,8-11H2,1H3/t13-/m1/s1. The quantitative estimate of drug-likeness (QED) is 0.384. The molecule has 0 aliphatic carbocycles. The lowest BCUT2D eigenvalue weighted by Gasteiger charge is -2.13. The smallest absolute Gasteiger partial charge is 0.197 e. The van der Waals surface area contributed by atoms with Crippen molar-refractivity contribution >= 4 is 37.2 Å². The van der Waals surface area contributed by atoms with Gasteiger partial charge in [0.15, 0.2) is 5.43 Å². The molecule has 3 rings (SSSR count). The van der Waals surface area contributed by atoms with Gasteiger partial charge in [-0.15, -0.1) is 11.3 Å². The van der Waals surface area contributed by atoms with Crippen LogP contribution in [0.2, 0.25) is 0 Å². The van der Waals surface area contributed by atoms with Crippen molar-refractivity contribution in [1.29, 1.82) is 0 Å². The lowest BCUT2D eigenvalue weighted by atomic mass is 10.1. The van der Waals surface area contributed by atoms with Gasteiger partial charge in [-0.1, -0.05) is 18.2 Å². The van der Waals surface area contributed by atoms with Crippen LogP contribution in [0.4, 0.5) is 5.69 Å². The Hall–Kier alpha value is -1.99. The second-order valence-corrected chi connectivity index (χ2v) is 7.08. The van der Waals surface area contributed by atoms with E-state index in [2.05, 4.69) is 10.6 Å². The Labute approximate surface area is 149 Å². The monoisotopic (exact) mass is 358 g/mol. The summed E-state index contributed by atoms with van der Waals surface area (Å²) in [6, 6.07) is 11.7. The molecule has 6 heteroatoms. The topological polar surface area (TPSA) is 81.6 Å². The van der Waals surface area contributed by atoms with E-state index in [0.717, 1.165) is 31.4 Å². The molecule has 0 radical (unpaired) electrons. The molecule has 0 spiro atoms. The molecule has 0 fully saturated rings. The molecule has 0 aliphatic heterocycles. The summed E-state index contributed by atoms with van der Waals surface area (Å²) in [7, 11) is 0. The Morgan fingerprint density at radius 3 is 2.76 bits per heavy atom. The molecule has 0 amide bonds. The highest BCUT2D eigenvalue weighted by molar-refractivity contribution is 7.24. The normalized spacial score (nSPS) is 12.6. The molecular weight excluding hydrogens is 336 g/mol. The van der Waals surface area contributed by atoms with E-state index in [1.807, 2.05) is 43.3 Å². The third-order valence-corrected chi connectivity index (χ3v) is 5.44. The molecule has 0 saturated carbocycles. The number of hydrogen-bond donors (Lipinski definition) is 4. The number of aliphatic hydroxyl groups is 2. The maximum atomic E-state index is 13.0. The van der Waals surface area contributed by atoms with E-state index in [4.69, 9.17) is 5.11 Å². The van der Waals surface area contributed by atoms with Gasteiger partial charge in [-0.3, -0.25) is 4.79 Å². The van der Waals surface area contributed by atoms with Gasteiger partial charge in [0.25, 0.3) is 0 Å². The fourth-order valence-corrected chi connectivity index (χ4v) is 3.97. The zero-order chi connectivity index (χ0) is 17.8. The number of anilines is 1. The van der Waals surface area contributed by atoms with Crippen LogP contribution in [0.1, 0.15) is 5.56 Å². The third kappa shape index (κ3) is 3.82. The molecule has 3 aromatic rings. The van der Waals surface area contributed by atoms with Crippen molar-refractivity contribution in [3.05, 3.63) is 52.2 Å². The van der Waals surface area contributed by atoms with Gasteiger partial charge in [0.2, 0.25) is 0 Å². The zero-order valence-corrected chi connectivity index (χ0v) is 14.9. The Morgan fingerprint density at radius 1 is 1.16 bits per heavy atom. The Bertz CT molecular complexity index is 939. The maximum absolute atomic E-state index is 13.0. The number of fused-ring (bicyclic) bond motifs is 2. The van der Waals surface area contributed by atoms with Crippen LogP contribution in [0.25, 0.3) is 20.2 Å². The van der Waals surface area contributed by atoms with Gasteiger partial charge < -0.3 is 20.8 Å². The zero-order valence-electron chi connectivity index (χ0n) is 14.1. The van der Waals surface area contributed by atoms with Gasteiger partial charge in [0, 0.05) is 40.1 Å². The van der Waals surface area contributed by atoms with E-state index in [9.17, 15) is 9.90 Å². The molecule has 0 aliphatic rings. The summed E-state index contributed by atoms with van der Waals surface area (Å²) in [6.07, 6.45) is -0.749. The van der Waals surface area contributed by atoms with E-state index in [1.54, 1.807) is 11.3 Å².